The Kier molecular flexibility index (Phi) is 3.38. The van der Waals surface area contributed by atoms with Gasteiger partial charge in [-0.15, -0.1) is 0 Å². The predicted octanol–water partition coefficient (Wildman–Crippen LogP) is 2.45. The Balaban J connectivity index is 2.00. The summed E-state index contributed by atoms with van der Waals surface area (Å²) in [5.74, 6) is 6.78. The SMILES string of the molecule is CCCc1c(C(=O)NCC2CC2)n(N)c2ccccc12. The second kappa shape index (κ2) is 5.19. The number of nitrogen functional groups attached to an aromatic ring is 1. The molecule has 1 aliphatic rings. The minimum absolute atomic E-state index is 0.0425. The molecule has 1 aromatic carbocycles. The summed E-state index contributed by atoms with van der Waals surface area (Å²) < 4.78 is 1.54. The number of carbonyl (C=O) groups excluding carboxylic acids is 1. The van der Waals surface area contributed by atoms with Crippen LogP contribution in [0, 0.1) is 5.92 Å². The Morgan fingerprint density at radius 2 is 2.15 bits per heavy atom. The minimum atomic E-state index is -0.0425. The van der Waals surface area contributed by atoms with Crippen LogP contribution in [0.1, 0.15) is 42.2 Å². The fourth-order valence-corrected chi connectivity index (χ4v) is 2.72. The lowest BCUT2D eigenvalue weighted by molar-refractivity contribution is 0.0944. The van der Waals surface area contributed by atoms with Crippen LogP contribution < -0.4 is 11.2 Å². The number of aromatic nitrogens is 1. The van der Waals surface area contributed by atoms with Gasteiger partial charge in [-0.05, 0) is 36.8 Å². The van der Waals surface area contributed by atoms with Gasteiger partial charge < -0.3 is 11.2 Å². The highest BCUT2D eigenvalue weighted by Crippen LogP contribution is 2.28. The average molecular weight is 271 g/mol. The lowest BCUT2D eigenvalue weighted by Crippen LogP contribution is -2.30. The van der Waals surface area contributed by atoms with E-state index in [1.807, 2.05) is 24.3 Å². The monoisotopic (exact) mass is 271 g/mol. The van der Waals surface area contributed by atoms with Crippen LogP contribution in [0.3, 0.4) is 0 Å². The number of fused-ring (bicyclic) bond motifs is 1. The summed E-state index contributed by atoms with van der Waals surface area (Å²) in [4.78, 5) is 12.5. The van der Waals surface area contributed by atoms with E-state index in [4.69, 9.17) is 5.84 Å². The van der Waals surface area contributed by atoms with E-state index in [2.05, 4.69) is 12.2 Å². The molecule has 3 rings (SSSR count). The third-order valence-corrected chi connectivity index (χ3v) is 3.98. The molecule has 4 heteroatoms. The Hall–Kier alpha value is -1.97. The van der Waals surface area contributed by atoms with E-state index in [9.17, 15) is 4.79 Å². The number of para-hydroxylation sites is 1. The van der Waals surface area contributed by atoms with Gasteiger partial charge in [-0.25, -0.2) is 0 Å². The van der Waals surface area contributed by atoms with Crippen molar-refractivity contribution in [3.05, 3.63) is 35.5 Å². The summed E-state index contributed by atoms with van der Waals surface area (Å²) >= 11 is 0. The number of aryl methyl sites for hydroxylation is 1. The molecule has 106 valence electrons. The lowest BCUT2D eigenvalue weighted by atomic mass is 10.1. The number of carbonyl (C=O) groups is 1. The highest BCUT2D eigenvalue weighted by atomic mass is 16.2. The van der Waals surface area contributed by atoms with Gasteiger partial charge in [0.1, 0.15) is 5.69 Å². The largest absolute Gasteiger partial charge is 0.350 e. The molecule has 3 N–H and O–H groups in total. The van der Waals surface area contributed by atoms with Crippen molar-refractivity contribution in [3.63, 3.8) is 0 Å². The zero-order valence-electron chi connectivity index (χ0n) is 11.9. The summed E-state index contributed by atoms with van der Waals surface area (Å²) in [6, 6.07) is 7.95. The molecule has 1 aliphatic carbocycles. The normalized spacial score (nSPS) is 14.7. The van der Waals surface area contributed by atoms with Gasteiger partial charge in [0.05, 0.1) is 5.52 Å². The Bertz CT molecular complexity index is 640. The fraction of sp³-hybridized carbons (Fsp3) is 0.438. The first-order chi connectivity index (χ1) is 9.72. The van der Waals surface area contributed by atoms with Crippen molar-refractivity contribution in [3.8, 4) is 0 Å². The molecule has 0 saturated heterocycles. The average Bonchev–Trinajstić information content (AvgIpc) is 3.24. The topological polar surface area (TPSA) is 60.0 Å². The molecular weight excluding hydrogens is 250 g/mol. The maximum atomic E-state index is 12.5. The Labute approximate surface area is 118 Å². The molecule has 0 unspecified atom stereocenters. The van der Waals surface area contributed by atoms with Gasteiger partial charge in [0.15, 0.2) is 0 Å². The predicted molar refractivity (Wildman–Crippen MR) is 81.1 cm³/mol. The van der Waals surface area contributed by atoms with Crippen molar-refractivity contribution in [2.45, 2.75) is 32.6 Å². The van der Waals surface area contributed by atoms with Gasteiger partial charge in [-0.2, -0.15) is 0 Å². The molecule has 1 heterocycles. The summed E-state index contributed by atoms with van der Waals surface area (Å²) in [6.07, 6.45) is 4.33. The first kappa shape index (κ1) is 13.0. The van der Waals surface area contributed by atoms with Crippen molar-refractivity contribution in [2.24, 2.45) is 5.92 Å². The molecule has 4 nitrogen and oxygen atoms in total. The molecule has 0 spiro atoms. The quantitative estimate of drug-likeness (QED) is 0.821. The van der Waals surface area contributed by atoms with Crippen LogP contribution >= 0.6 is 0 Å². The molecule has 1 fully saturated rings. The van der Waals surface area contributed by atoms with Crippen LogP contribution in [0.4, 0.5) is 0 Å². The van der Waals surface area contributed by atoms with Gasteiger partial charge in [0.2, 0.25) is 0 Å². The number of hydrogen-bond donors (Lipinski definition) is 2. The van der Waals surface area contributed by atoms with Crippen LogP contribution in [0.2, 0.25) is 0 Å². The second-order valence-electron chi connectivity index (χ2n) is 5.62. The summed E-state index contributed by atoms with van der Waals surface area (Å²) in [5.41, 5.74) is 2.61. The molecule has 0 radical (unpaired) electrons. The molecule has 2 aromatic rings. The van der Waals surface area contributed by atoms with Gasteiger partial charge in [-0.3, -0.25) is 9.47 Å². The molecule has 0 bridgehead atoms. The number of nitrogens with one attached hydrogen (secondary N) is 1. The number of benzene rings is 1. The van der Waals surface area contributed by atoms with Crippen molar-refractivity contribution in [2.75, 3.05) is 12.4 Å². The molecule has 0 aliphatic heterocycles. The molecular formula is C16H21N3O. The van der Waals surface area contributed by atoms with Gasteiger partial charge >= 0.3 is 0 Å². The molecule has 1 aromatic heterocycles. The summed E-state index contributed by atoms with van der Waals surface area (Å²) in [5, 5.41) is 4.11. The van der Waals surface area contributed by atoms with E-state index in [1.165, 1.54) is 12.8 Å². The minimum Gasteiger partial charge on any atom is -0.350 e. The zero-order valence-corrected chi connectivity index (χ0v) is 11.9. The van der Waals surface area contributed by atoms with Crippen molar-refractivity contribution >= 4 is 16.8 Å². The van der Waals surface area contributed by atoms with Crippen molar-refractivity contribution in [1.82, 2.24) is 9.99 Å². The Morgan fingerprint density at radius 3 is 2.85 bits per heavy atom. The third-order valence-electron chi connectivity index (χ3n) is 3.98. The van der Waals surface area contributed by atoms with Gasteiger partial charge in [0.25, 0.3) is 5.91 Å². The van der Waals surface area contributed by atoms with Crippen LogP contribution in [0.5, 0.6) is 0 Å². The molecule has 20 heavy (non-hydrogen) atoms. The van der Waals surface area contributed by atoms with Crippen LogP contribution in [0.15, 0.2) is 24.3 Å². The van der Waals surface area contributed by atoms with E-state index in [-0.39, 0.29) is 5.91 Å². The summed E-state index contributed by atoms with van der Waals surface area (Å²) in [7, 11) is 0. The summed E-state index contributed by atoms with van der Waals surface area (Å²) in [6.45, 7) is 2.89. The third kappa shape index (κ3) is 2.26. The maximum Gasteiger partial charge on any atom is 0.270 e. The van der Waals surface area contributed by atoms with Gasteiger partial charge in [0, 0.05) is 11.9 Å². The highest BCUT2D eigenvalue weighted by molar-refractivity contribution is 6.01. The van der Waals surface area contributed by atoms with Crippen LogP contribution in [-0.4, -0.2) is 17.1 Å². The molecule has 1 saturated carbocycles. The first-order valence-electron chi connectivity index (χ1n) is 7.38. The first-order valence-corrected chi connectivity index (χ1v) is 7.38. The number of nitrogens with zero attached hydrogens (tertiary/aromatic N) is 1. The molecule has 0 atom stereocenters. The number of rotatable bonds is 5. The highest BCUT2D eigenvalue weighted by Gasteiger charge is 2.25. The lowest BCUT2D eigenvalue weighted by Gasteiger charge is -2.08. The van der Waals surface area contributed by atoms with E-state index < -0.39 is 0 Å². The number of nitrogens with two attached hydrogens (primary N) is 1. The standard InChI is InChI=1S/C16H21N3O/c1-2-5-13-12-6-3-4-7-14(12)19(17)15(13)16(20)18-10-11-8-9-11/h3-4,6-7,11H,2,5,8-10,17H2,1H3,(H,18,20). The van der Waals surface area contributed by atoms with Gasteiger partial charge in [-0.1, -0.05) is 31.5 Å². The van der Waals surface area contributed by atoms with E-state index in [0.29, 0.717) is 11.6 Å². The maximum absolute atomic E-state index is 12.5. The Morgan fingerprint density at radius 1 is 1.40 bits per heavy atom. The smallest absolute Gasteiger partial charge is 0.270 e. The van der Waals surface area contributed by atoms with E-state index in [0.717, 1.165) is 35.9 Å². The number of amides is 1. The fourth-order valence-electron chi connectivity index (χ4n) is 2.72. The van der Waals surface area contributed by atoms with E-state index in [1.54, 1.807) is 4.68 Å². The molecule has 1 amide bonds. The van der Waals surface area contributed by atoms with Crippen molar-refractivity contribution in [1.29, 1.82) is 0 Å². The second-order valence-corrected chi connectivity index (χ2v) is 5.62. The van der Waals surface area contributed by atoms with E-state index >= 15 is 0 Å². The van der Waals surface area contributed by atoms with Crippen LogP contribution in [0.25, 0.3) is 10.9 Å². The van der Waals surface area contributed by atoms with Crippen molar-refractivity contribution < 1.29 is 4.79 Å². The van der Waals surface area contributed by atoms with Crippen LogP contribution in [-0.2, 0) is 6.42 Å². The number of hydrogen-bond acceptors (Lipinski definition) is 2. The zero-order chi connectivity index (χ0) is 14.1.